The van der Waals surface area contributed by atoms with Crippen LogP contribution in [0.15, 0.2) is 54.7 Å². The molecule has 0 unspecified atom stereocenters. The van der Waals surface area contributed by atoms with E-state index in [9.17, 15) is 10.1 Å². The summed E-state index contributed by atoms with van der Waals surface area (Å²) >= 11 is 1.76. The van der Waals surface area contributed by atoms with Crippen LogP contribution >= 0.6 is 11.3 Å². The molecule has 5 rings (SSSR count). The summed E-state index contributed by atoms with van der Waals surface area (Å²) in [5.41, 5.74) is 2.56. The Morgan fingerprint density at radius 3 is 2.64 bits per heavy atom. The maximum Gasteiger partial charge on any atom is 0.301 e. The van der Waals surface area contributed by atoms with Crippen LogP contribution < -0.4 is 4.90 Å². The monoisotopic (exact) mass is 390 g/mol. The number of aromatic nitrogens is 2. The molecule has 0 atom stereocenters. The van der Waals surface area contributed by atoms with E-state index in [1.165, 1.54) is 9.71 Å². The highest BCUT2D eigenvalue weighted by molar-refractivity contribution is 7.18. The van der Waals surface area contributed by atoms with Crippen molar-refractivity contribution in [1.82, 2.24) is 9.97 Å². The molecule has 0 radical (unpaired) electrons. The summed E-state index contributed by atoms with van der Waals surface area (Å²) in [5.74, 6) is 0.412. The van der Waals surface area contributed by atoms with Gasteiger partial charge in [0.05, 0.1) is 31.1 Å². The van der Waals surface area contributed by atoms with E-state index in [1.54, 1.807) is 29.7 Å². The van der Waals surface area contributed by atoms with Gasteiger partial charge in [-0.15, -0.1) is 11.3 Å². The third-order valence-corrected chi connectivity index (χ3v) is 6.61. The molecule has 0 aliphatic carbocycles. The molecule has 28 heavy (non-hydrogen) atoms. The third kappa shape index (κ3) is 2.88. The minimum atomic E-state index is -0.279. The number of nitro groups is 1. The second-order valence-corrected chi connectivity index (χ2v) is 8.10. The van der Waals surface area contributed by atoms with Crippen molar-refractivity contribution in [2.75, 3.05) is 18.0 Å². The number of benzene rings is 2. The topological polar surface area (TPSA) is 72.2 Å². The maximum atomic E-state index is 11.8. The van der Waals surface area contributed by atoms with E-state index in [0.29, 0.717) is 22.5 Å². The fraction of sp³-hybridized carbons (Fsp3) is 0.238. The number of piperidine rings is 1. The number of anilines is 1. The Morgan fingerprint density at radius 1 is 1.04 bits per heavy atom. The van der Waals surface area contributed by atoms with E-state index in [-0.39, 0.29) is 10.6 Å². The molecule has 7 heteroatoms. The van der Waals surface area contributed by atoms with Crippen LogP contribution in [0.2, 0.25) is 0 Å². The highest BCUT2D eigenvalue weighted by atomic mass is 32.1. The van der Waals surface area contributed by atoms with E-state index >= 15 is 0 Å². The fourth-order valence-electron chi connectivity index (χ4n) is 4.00. The second-order valence-electron chi connectivity index (χ2n) is 7.04. The predicted octanol–water partition coefficient (Wildman–Crippen LogP) is 5.14. The molecule has 140 valence electrons. The summed E-state index contributed by atoms with van der Waals surface area (Å²) in [6.45, 7) is 1.57. The molecule has 1 aliphatic rings. The number of rotatable bonds is 3. The summed E-state index contributed by atoms with van der Waals surface area (Å²) in [6.07, 6.45) is 3.55. The molecule has 0 amide bonds. The molecule has 4 aromatic rings. The smallest absolute Gasteiger partial charge is 0.301 e. The van der Waals surface area contributed by atoms with Crippen LogP contribution in [0, 0.1) is 10.1 Å². The molecule has 2 aromatic carbocycles. The summed E-state index contributed by atoms with van der Waals surface area (Å²) < 4.78 is 1.22. The molecular weight excluding hydrogens is 372 g/mol. The van der Waals surface area contributed by atoms with E-state index in [2.05, 4.69) is 22.0 Å². The van der Waals surface area contributed by atoms with Gasteiger partial charge < -0.3 is 4.90 Å². The standard InChI is InChI=1S/C21H18N4O2S/c26-25(27)20-15-4-3-11-22-16(15)7-8-18(20)24-12-9-14(10-13-24)21-23-17-5-1-2-6-19(17)28-21/h1-8,11,14H,9-10,12-13H2. The highest BCUT2D eigenvalue weighted by Crippen LogP contribution is 2.39. The summed E-state index contributed by atoms with van der Waals surface area (Å²) in [5, 5.41) is 13.6. The van der Waals surface area contributed by atoms with Gasteiger partial charge >= 0.3 is 5.69 Å². The zero-order valence-electron chi connectivity index (χ0n) is 15.1. The molecule has 2 aromatic heterocycles. The van der Waals surface area contributed by atoms with Gasteiger partial charge in [0.1, 0.15) is 5.69 Å². The Labute approximate surface area is 165 Å². The van der Waals surface area contributed by atoms with Gasteiger partial charge in [-0.1, -0.05) is 12.1 Å². The molecule has 0 spiro atoms. The lowest BCUT2D eigenvalue weighted by Gasteiger charge is -2.32. The van der Waals surface area contributed by atoms with Crippen molar-refractivity contribution < 1.29 is 4.92 Å². The second kappa shape index (κ2) is 6.83. The number of nitrogens with zero attached hydrogens (tertiary/aromatic N) is 4. The number of fused-ring (bicyclic) bond motifs is 2. The normalized spacial score (nSPS) is 15.4. The summed E-state index contributed by atoms with van der Waals surface area (Å²) in [7, 11) is 0. The Hall–Kier alpha value is -3.06. The summed E-state index contributed by atoms with van der Waals surface area (Å²) in [6, 6.07) is 15.5. The van der Waals surface area contributed by atoms with E-state index in [1.807, 2.05) is 24.3 Å². The zero-order chi connectivity index (χ0) is 19.1. The number of hydrogen-bond donors (Lipinski definition) is 0. The lowest BCUT2D eigenvalue weighted by molar-refractivity contribution is -0.382. The molecule has 0 saturated carbocycles. The van der Waals surface area contributed by atoms with Crippen LogP contribution in [0.5, 0.6) is 0 Å². The number of pyridine rings is 1. The quantitative estimate of drug-likeness (QED) is 0.358. The van der Waals surface area contributed by atoms with Gasteiger partial charge in [-0.2, -0.15) is 0 Å². The van der Waals surface area contributed by atoms with Crippen molar-refractivity contribution in [3.8, 4) is 0 Å². The Kier molecular flexibility index (Phi) is 4.16. The molecule has 1 saturated heterocycles. The molecule has 6 nitrogen and oxygen atoms in total. The fourth-order valence-corrected chi connectivity index (χ4v) is 5.14. The Bertz CT molecular complexity index is 1150. The van der Waals surface area contributed by atoms with Crippen LogP contribution in [0.25, 0.3) is 21.1 Å². The van der Waals surface area contributed by atoms with Gasteiger partial charge in [-0.05, 0) is 49.2 Å². The minimum Gasteiger partial charge on any atom is -0.366 e. The number of hydrogen-bond acceptors (Lipinski definition) is 6. The Morgan fingerprint density at radius 2 is 1.86 bits per heavy atom. The summed E-state index contributed by atoms with van der Waals surface area (Å²) in [4.78, 5) is 22.7. The van der Waals surface area contributed by atoms with Crippen molar-refractivity contribution in [2.24, 2.45) is 0 Å². The van der Waals surface area contributed by atoms with Crippen molar-refractivity contribution in [3.63, 3.8) is 0 Å². The van der Waals surface area contributed by atoms with Gasteiger partial charge in [0.25, 0.3) is 0 Å². The molecule has 3 heterocycles. The molecule has 0 bridgehead atoms. The van der Waals surface area contributed by atoms with Crippen LogP contribution in [-0.2, 0) is 0 Å². The van der Waals surface area contributed by atoms with Crippen molar-refractivity contribution >= 4 is 43.8 Å². The molecule has 0 N–H and O–H groups in total. The molecular formula is C21H18N4O2S. The van der Waals surface area contributed by atoms with Crippen molar-refractivity contribution in [1.29, 1.82) is 0 Å². The van der Waals surface area contributed by atoms with Crippen LogP contribution in [0.1, 0.15) is 23.8 Å². The lowest BCUT2D eigenvalue weighted by atomic mass is 9.96. The first-order chi connectivity index (χ1) is 13.7. The number of para-hydroxylation sites is 1. The Balaban J connectivity index is 1.42. The number of thiazole rings is 1. The van der Waals surface area contributed by atoms with Gasteiger partial charge in [0.15, 0.2) is 0 Å². The lowest BCUT2D eigenvalue weighted by Crippen LogP contribution is -2.33. The third-order valence-electron chi connectivity index (χ3n) is 5.41. The van der Waals surface area contributed by atoms with Crippen molar-refractivity contribution in [2.45, 2.75) is 18.8 Å². The highest BCUT2D eigenvalue weighted by Gasteiger charge is 2.28. The predicted molar refractivity (Wildman–Crippen MR) is 112 cm³/mol. The van der Waals surface area contributed by atoms with Crippen molar-refractivity contribution in [3.05, 3.63) is 69.8 Å². The van der Waals surface area contributed by atoms with E-state index in [4.69, 9.17) is 4.98 Å². The van der Waals surface area contributed by atoms with Gasteiger partial charge in [0, 0.05) is 25.2 Å². The van der Waals surface area contributed by atoms with Gasteiger partial charge in [-0.25, -0.2) is 4.98 Å². The van der Waals surface area contributed by atoms with Gasteiger partial charge in [-0.3, -0.25) is 15.1 Å². The molecule has 1 aliphatic heterocycles. The SMILES string of the molecule is O=[N+]([O-])c1c(N2CCC(c3nc4ccccc4s3)CC2)ccc2ncccc12. The molecule has 1 fully saturated rings. The maximum absolute atomic E-state index is 11.8. The first kappa shape index (κ1) is 17.1. The van der Waals surface area contributed by atoms with Crippen LogP contribution in [0.3, 0.4) is 0 Å². The van der Waals surface area contributed by atoms with Crippen LogP contribution in [0.4, 0.5) is 11.4 Å². The van der Waals surface area contributed by atoms with E-state index in [0.717, 1.165) is 31.4 Å². The van der Waals surface area contributed by atoms with Crippen LogP contribution in [-0.4, -0.2) is 28.0 Å². The average Bonchev–Trinajstić information content (AvgIpc) is 3.17. The largest absolute Gasteiger partial charge is 0.366 e. The van der Waals surface area contributed by atoms with E-state index < -0.39 is 0 Å². The number of nitro benzene ring substituents is 1. The minimum absolute atomic E-state index is 0.157. The zero-order valence-corrected chi connectivity index (χ0v) is 15.9. The first-order valence-electron chi connectivity index (χ1n) is 9.33. The van der Waals surface area contributed by atoms with Gasteiger partial charge in [0.2, 0.25) is 0 Å². The first-order valence-corrected chi connectivity index (χ1v) is 10.1. The average molecular weight is 390 g/mol.